The summed E-state index contributed by atoms with van der Waals surface area (Å²) >= 11 is 0. The van der Waals surface area contributed by atoms with Gasteiger partial charge in [-0.15, -0.1) is 0 Å². The molecular weight excluding hydrogens is 232 g/mol. The van der Waals surface area contributed by atoms with Crippen LogP contribution < -0.4 is 0 Å². The molecular formula is C13H16N2O3. The summed E-state index contributed by atoms with van der Waals surface area (Å²) < 4.78 is 0. The summed E-state index contributed by atoms with van der Waals surface area (Å²) in [5.74, 6) is -0.632. The predicted molar refractivity (Wildman–Crippen MR) is 65.5 cm³/mol. The van der Waals surface area contributed by atoms with Gasteiger partial charge >= 0.3 is 5.97 Å². The Kier molecular flexibility index (Phi) is 3.60. The summed E-state index contributed by atoms with van der Waals surface area (Å²) in [7, 11) is 0. The van der Waals surface area contributed by atoms with Crippen molar-refractivity contribution in [2.45, 2.75) is 19.8 Å². The topological polar surface area (TPSA) is 70.5 Å². The van der Waals surface area contributed by atoms with Crippen molar-refractivity contribution in [2.24, 2.45) is 5.92 Å². The average Bonchev–Trinajstić information content (AvgIpc) is 2.38. The number of carboxylic acids is 1. The maximum Gasteiger partial charge on any atom is 0.337 e. The first-order chi connectivity index (χ1) is 8.58. The van der Waals surface area contributed by atoms with E-state index in [1.54, 1.807) is 4.90 Å². The predicted octanol–water partition coefficient (Wildman–Crippen LogP) is 1.65. The molecule has 1 N–H and O–H groups in total. The smallest absolute Gasteiger partial charge is 0.337 e. The Bertz CT molecular complexity index is 456. The van der Waals surface area contributed by atoms with Crippen molar-refractivity contribution in [2.75, 3.05) is 13.1 Å². The highest BCUT2D eigenvalue weighted by molar-refractivity contribution is 5.93. The molecule has 1 aromatic heterocycles. The van der Waals surface area contributed by atoms with Crippen LogP contribution in [-0.2, 0) is 0 Å². The zero-order chi connectivity index (χ0) is 13.1. The molecule has 96 valence electrons. The minimum absolute atomic E-state index is 0.0959. The minimum Gasteiger partial charge on any atom is -0.478 e. The Hall–Kier alpha value is -1.91. The molecule has 2 heterocycles. The summed E-state index contributed by atoms with van der Waals surface area (Å²) in [4.78, 5) is 28.6. The Balaban J connectivity index is 2.10. The zero-order valence-corrected chi connectivity index (χ0v) is 10.3. The number of carbonyl (C=O) groups is 2. The van der Waals surface area contributed by atoms with Crippen LogP contribution in [0.2, 0.25) is 0 Å². The molecule has 1 unspecified atom stereocenters. The third-order valence-corrected chi connectivity index (χ3v) is 3.17. The van der Waals surface area contributed by atoms with Gasteiger partial charge in [-0.2, -0.15) is 0 Å². The van der Waals surface area contributed by atoms with Gasteiger partial charge in [-0.3, -0.25) is 9.78 Å². The van der Waals surface area contributed by atoms with Gasteiger partial charge in [0.2, 0.25) is 0 Å². The molecule has 0 bridgehead atoms. The highest BCUT2D eigenvalue weighted by atomic mass is 16.4. The minimum atomic E-state index is -1.03. The number of rotatable bonds is 2. The largest absolute Gasteiger partial charge is 0.478 e. The SMILES string of the molecule is CC1CCCN(C(=O)c2ccc(C(=O)O)cn2)C1. The highest BCUT2D eigenvalue weighted by Gasteiger charge is 2.22. The standard InChI is InChI=1S/C13H16N2O3/c1-9-3-2-6-15(8-9)12(16)11-5-4-10(7-14-11)13(17)18/h4-5,7,9H,2-3,6,8H2,1H3,(H,17,18). The van der Waals surface area contributed by atoms with Crippen LogP contribution in [0.3, 0.4) is 0 Å². The van der Waals surface area contributed by atoms with E-state index in [4.69, 9.17) is 5.11 Å². The van der Waals surface area contributed by atoms with Crippen molar-refractivity contribution in [1.29, 1.82) is 0 Å². The molecule has 1 fully saturated rings. The van der Waals surface area contributed by atoms with Gasteiger partial charge in [-0.1, -0.05) is 6.92 Å². The molecule has 1 aliphatic rings. The molecule has 1 amide bonds. The first-order valence-electron chi connectivity index (χ1n) is 6.06. The number of pyridine rings is 1. The van der Waals surface area contributed by atoms with Gasteiger partial charge in [0.25, 0.3) is 5.91 Å². The third kappa shape index (κ3) is 2.67. The quantitative estimate of drug-likeness (QED) is 0.864. The summed E-state index contributed by atoms with van der Waals surface area (Å²) in [5, 5.41) is 8.76. The van der Waals surface area contributed by atoms with E-state index in [1.807, 2.05) is 0 Å². The van der Waals surface area contributed by atoms with Crippen LogP contribution in [0.5, 0.6) is 0 Å². The van der Waals surface area contributed by atoms with Crippen LogP contribution in [0, 0.1) is 5.92 Å². The second-order valence-electron chi connectivity index (χ2n) is 4.74. The summed E-state index contributed by atoms with van der Waals surface area (Å²) in [6.45, 7) is 3.63. The Morgan fingerprint density at radius 2 is 2.22 bits per heavy atom. The zero-order valence-electron chi connectivity index (χ0n) is 10.3. The maximum absolute atomic E-state index is 12.1. The van der Waals surface area contributed by atoms with E-state index in [-0.39, 0.29) is 11.5 Å². The first-order valence-corrected chi connectivity index (χ1v) is 6.06. The lowest BCUT2D eigenvalue weighted by Crippen LogP contribution is -2.39. The molecule has 1 atom stereocenters. The fourth-order valence-corrected chi connectivity index (χ4v) is 2.18. The lowest BCUT2D eigenvalue weighted by molar-refractivity contribution is 0.0669. The highest BCUT2D eigenvalue weighted by Crippen LogP contribution is 2.17. The first kappa shape index (κ1) is 12.5. The number of likely N-dealkylation sites (tertiary alicyclic amines) is 1. The number of hydrogen-bond acceptors (Lipinski definition) is 3. The fraction of sp³-hybridized carbons (Fsp3) is 0.462. The fourth-order valence-electron chi connectivity index (χ4n) is 2.18. The van der Waals surface area contributed by atoms with Crippen molar-refractivity contribution in [3.63, 3.8) is 0 Å². The summed E-state index contributed by atoms with van der Waals surface area (Å²) in [5.41, 5.74) is 0.410. The van der Waals surface area contributed by atoms with Crippen molar-refractivity contribution in [1.82, 2.24) is 9.88 Å². The van der Waals surface area contributed by atoms with E-state index in [1.165, 1.54) is 18.3 Å². The number of piperidine rings is 1. The van der Waals surface area contributed by atoms with Crippen molar-refractivity contribution < 1.29 is 14.7 Å². The Labute approximate surface area is 105 Å². The van der Waals surface area contributed by atoms with E-state index >= 15 is 0 Å². The van der Waals surface area contributed by atoms with Crippen LogP contribution in [-0.4, -0.2) is 40.0 Å². The molecule has 1 aromatic rings. The normalized spacial score (nSPS) is 19.6. The Morgan fingerprint density at radius 3 is 2.78 bits per heavy atom. The van der Waals surface area contributed by atoms with Gasteiger partial charge in [-0.25, -0.2) is 4.79 Å². The molecule has 0 aromatic carbocycles. The summed E-state index contributed by atoms with van der Waals surface area (Å²) in [6, 6.07) is 2.89. The molecule has 0 radical (unpaired) electrons. The number of amides is 1. The number of carbonyl (C=O) groups excluding carboxylic acids is 1. The van der Waals surface area contributed by atoms with Gasteiger partial charge in [0.05, 0.1) is 5.56 Å². The van der Waals surface area contributed by atoms with Crippen LogP contribution in [0.4, 0.5) is 0 Å². The second-order valence-corrected chi connectivity index (χ2v) is 4.74. The van der Waals surface area contributed by atoms with Gasteiger partial charge in [0.1, 0.15) is 5.69 Å². The molecule has 0 spiro atoms. The lowest BCUT2D eigenvalue weighted by Gasteiger charge is -2.30. The van der Waals surface area contributed by atoms with Crippen LogP contribution in [0.25, 0.3) is 0 Å². The van der Waals surface area contributed by atoms with E-state index in [0.29, 0.717) is 11.6 Å². The number of nitrogens with zero attached hydrogens (tertiary/aromatic N) is 2. The molecule has 0 aliphatic carbocycles. The van der Waals surface area contributed by atoms with Crippen LogP contribution in [0.15, 0.2) is 18.3 Å². The molecule has 18 heavy (non-hydrogen) atoms. The van der Waals surface area contributed by atoms with Crippen LogP contribution >= 0.6 is 0 Å². The van der Waals surface area contributed by atoms with E-state index in [0.717, 1.165) is 25.9 Å². The molecule has 5 heteroatoms. The number of carboxylic acid groups (broad SMARTS) is 1. The summed E-state index contributed by atoms with van der Waals surface area (Å²) in [6.07, 6.45) is 3.39. The maximum atomic E-state index is 12.1. The van der Waals surface area contributed by atoms with Gasteiger partial charge < -0.3 is 10.0 Å². The van der Waals surface area contributed by atoms with E-state index < -0.39 is 5.97 Å². The third-order valence-electron chi connectivity index (χ3n) is 3.17. The molecule has 2 rings (SSSR count). The van der Waals surface area contributed by atoms with Crippen molar-refractivity contribution in [3.05, 3.63) is 29.6 Å². The second kappa shape index (κ2) is 5.16. The van der Waals surface area contributed by atoms with Crippen molar-refractivity contribution in [3.8, 4) is 0 Å². The molecule has 0 saturated carbocycles. The van der Waals surface area contributed by atoms with Crippen LogP contribution in [0.1, 0.15) is 40.6 Å². The average molecular weight is 248 g/mol. The van der Waals surface area contributed by atoms with Crippen molar-refractivity contribution >= 4 is 11.9 Å². The van der Waals surface area contributed by atoms with E-state index in [9.17, 15) is 9.59 Å². The monoisotopic (exact) mass is 248 g/mol. The lowest BCUT2D eigenvalue weighted by atomic mass is 10.00. The molecule has 1 aliphatic heterocycles. The van der Waals surface area contributed by atoms with Gasteiger partial charge in [0, 0.05) is 19.3 Å². The Morgan fingerprint density at radius 1 is 1.44 bits per heavy atom. The number of aromatic nitrogens is 1. The number of hydrogen-bond donors (Lipinski definition) is 1. The molecule has 1 saturated heterocycles. The van der Waals surface area contributed by atoms with Gasteiger partial charge in [0.15, 0.2) is 0 Å². The van der Waals surface area contributed by atoms with Gasteiger partial charge in [-0.05, 0) is 30.9 Å². The molecule has 5 nitrogen and oxygen atoms in total. The van der Waals surface area contributed by atoms with E-state index in [2.05, 4.69) is 11.9 Å². The number of aromatic carboxylic acids is 1.